The summed E-state index contributed by atoms with van der Waals surface area (Å²) in [7, 11) is 1.75. The maximum absolute atomic E-state index is 13.5. The monoisotopic (exact) mass is 279 g/mol. The number of amides is 1. The van der Waals surface area contributed by atoms with Crippen LogP contribution in [0.1, 0.15) is 10.5 Å². The minimum atomic E-state index is -0.590. The SMILES string of the molecule is CNc1ccc(C(=O)Nc2ccc(Cl)cc2F)nc1. The van der Waals surface area contributed by atoms with Crippen LogP contribution in [0.25, 0.3) is 0 Å². The van der Waals surface area contributed by atoms with Gasteiger partial charge in [-0.05, 0) is 30.3 Å². The Bertz CT molecular complexity index is 601. The number of nitrogens with one attached hydrogen (secondary N) is 2. The summed E-state index contributed by atoms with van der Waals surface area (Å²) in [4.78, 5) is 15.8. The first-order chi connectivity index (χ1) is 9.10. The average Bonchev–Trinajstić information content (AvgIpc) is 2.42. The van der Waals surface area contributed by atoms with Gasteiger partial charge in [0.05, 0.1) is 17.6 Å². The van der Waals surface area contributed by atoms with Crippen molar-refractivity contribution in [1.29, 1.82) is 0 Å². The lowest BCUT2D eigenvalue weighted by molar-refractivity contribution is 0.102. The fraction of sp³-hybridized carbons (Fsp3) is 0.0769. The van der Waals surface area contributed by atoms with Gasteiger partial charge in [-0.1, -0.05) is 11.6 Å². The van der Waals surface area contributed by atoms with E-state index in [2.05, 4.69) is 15.6 Å². The number of aromatic nitrogens is 1. The van der Waals surface area contributed by atoms with Crippen LogP contribution in [0.2, 0.25) is 5.02 Å². The van der Waals surface area contributed by atoms with E-state index in [9.17, 15) is 9.18 Å². The van der Waals surface area contributed by atoms with Crippen LogP contribution in [0.4, 0.5) is 15.8 Å². The van der Waals surface area contributed by atoms with E-state index >= 15 is 0 Å². The molecule has 0 saturated heterocycles. The molecule has 0 unspecified atom stereocenters. The molecule has 0 saturated carbocycles. The lowest BCUT2D eigenvalue weighted by Crippen LogP contribution is -2.14. The Morgan fingerprint density at radius 2 is 2.11 bits per heavy atom. The highest BCUT2D eigenvalue weighted by Crippen LogP contribution is 2.19. The van der Waals surface area contributed by atoms with Crippen LogP contribution in [0.15, 0.2) is 36.5 Å². The minimum Gasteiger partial charge on any atom is -0.387 e. The third-order valence-corrected chi connectivity index (χ3v) is 2.70. The third kappa shape index (κ3) is 3.20. The van der Waals surface area contributed by atoms with Gasteiger partial charge in [0.15, 0.2) is 0 Å². The van der Waals surface area contributed by atoms with E-state index in [0.29, 0.717) is 0 Å². The molecule has 19 heavy (non-hydrogen) atoms. The second-order valence-corrected chi connectivity index (χ2v) is 4.20. The zero-order valence-electron chi connectivity index (χ0n) is 10.1. The maximum atomic E-state index is 13.5. The molecule has 6 heteroatoms. The van der Waals surface area contributed by atoms with Crippen molar-refractivity contribution in [1.82, 2.24) is 4.98 Å². The van der Waals surface area contributed by atoms with E-state index in [1.807, 2.05) is 0 Å². The highest BCUT2D eigenvalue weighted by molar-refractivity contribution is 6.30. The molecule has 1 amide bonds. The van der Waals surface area contributed by atoms with Gasteiger partial charge >= 0.3 is 0 Å². The van der Waals surface area contributed by atoms with Crippen LogP contribution in [-0.2, 0) is 0 Å². The highest BCUT2D eigenvalue weighted by atomic mass is 35.5. The van der Waals surface area contributed by atoms with Crippen LogP contribution in [0.5, 0.6) is 0 Å². The predicted octanol–water partition coefficient (Wildman–Crippen LogP) is 3.17. The fourth-order valence-electron chi connectivity index (χ4n) is 1.45. The third-order valence-electron chi connectivity index (χ3n) is 2.46. The topological polar surface area (TPSA) is 54.0 Å². The van der Waals surface area contributed by atoms with Gasteiger partial charge in [0.1, 0.15) is 11.5 Å². The Morgan fingerprint density at radius 1 is 1.32 bits per heavy atom. The highest BCUT2D eigenvalue weighted by Gasteiger charge is 2.10. The number of halogens is 2. The van der Waals surface area contributed by atoms with E-state index in [0.717, 1.165) is 11.8 Å². The Kier molecular flexibility index (Phi) is 3.97. The lowest BCUT2D eigenvalue weighted by atomic mass is 10.2. The summed E-state index contributed by atoms with van der Waals surface area (Å²) >= 11 is 5.63. The zero-order valence-corrected chi connectivity index (χ0v) is 10.8. The number of nitrogens with zero attached hydrogens (tertiary/aromatic N) is 1. The number of pyridine rings is 1. The number of hydrogen-bond acceptors (Lipinski definition) is 3. The molecule has 1 aromatic heterocycles. The number of carbonyl (C=O) groups excluding carboxylic acids is 1. The van der Waals surface area contributed by atoms with Crippen molar-refractivity contribution in [3.63, 3.8) is 0 Å². The van der Waals surface area contributed by atoms with Gasteiger partial charge in [-0.15, -0.1) is 0 Å². The summed E-state index contributed by atoms with van der Waals surface area (Å²) in [6.45, 7) is 0. The molecule has 0 fully saturated rings. The zero-order chi connectivity index (χ0) is 13.8. The summed E-state index contributed by atoms with van der Waals surface area (Å²) in [5, 5.41) is 5.60. The Balaban J connectivity index is 2.15. The summed E-state index contributed by atoms with van der Waals surface area (Å²) in [6, 6.07) is 7.29. The minimum absolute atomic E-state index is 0.0638. The number of benzene rings is 1. The van der Waals surface area contributed by atoms with Crippen molar-refractivity contribution < 1.29 is 9.18 Å². The normalized spacial score (nSPS) is 10.1. The van der Waals surface area contributed by atoms with Crippen LogP contribution in [0, 0.1) is 5.82 Å². The van der Waals surface area contributed by atoms with Crippen molar-refractivity contribution in [2.45, 2.75) is 0 Å². The van der Waals surface area contributed by atoms with Crippen LogP contribution < -0.4 is 10.6 Å². The molecule has 1 aromatic carbocycles. The first-order valence-electron chi connectivity index (χ1n) is 5.50. The molecule has 0 atom stereocenters. The van der Waals surface area contributed by atoms with Gasteiger partial charge < -0.3 is 10.6 Å². The Morgan fingerprint density at radius 3 is 2.68 bits per heavy atom. The molecule has 1 heterocycles. The van der Waals surface area contributed by atoms with Gasteiger partial charge in [0, 0.05) is 12.1 Å². The van der Waals surface area contributed by atoms with Gasteiger partial charge in [-0.3, -0.25) is 4.79 Å². The summed E-state index contributed by atoms with van der Waals surface area (Å²) in [5.41, 5.74) is 1.05. The lowest BCUT2D eigenvalue weighted by Gasteiger charge is -2.06. The van der Waals surface area contributed by atoms with Gasteiger partial charge in [0.25, 0.3) is 5.91 Å². The average molecular weight is 280 g/mol. The summed E-state index contributed by atoms with van der Waals surface area (Å²) in [6.07, 6.45) is 1.52. The molecule has 0 bridgehead atoms. The Hall–Kier alpha value is -2.14. The molecule has 98 valence electrons. The van der Waals surface area contributed by atoms with E-state index in [4.69, 9.17) is 11.6 Å². The van der Waals surface area contributed by atoms with Crippen molar-refractivity contribution in [3.05, 3.63) is 53.1 Å². The number of carbonyl (C=O) groups is 1. The molecule has 0 aliphatic heterocycles. The first-order valence-corrected chi connectivity index (χ1v) is 5.88. The van der Waals surface area contributed by atoms with Gasteiger partial charge in [0.2, 0.25) is 0 Å². The van der Waals surface area contributed by atoms with Crippen molar-refractivity contribution in [2.75, 3.05) is 17.7 Å². The number of rotatable bonds is 3. The standard InChI is InChI=1S/C13H11ClFN3O/c1-16-9-3-5-12(17-7-9)13(19)18-11-4-2-8(14)6-10(11)15/h2-7,16H,1H3,(H,18,19). The fourth-order valence-corrected chi connectivity index (χ4v) is 1.61. The quantitative estimate of drug-likeness (QED) is 0.907. The van der Waals surface area contributed by atoms with Crippen molar-refractivity contribution in [3.8, 4) is 0 Å². The van der Waals surface area contributed by atoms with Crippen LogP contribution in [-0.4, -0.2) is 17.9 Å². The summed E-state index contributed by atoms with van der Waals surface area (Å²) < 4.78 is 13.5. The molecule has 2 N–H and O–H groups in total. The van der Waals surface area contributed by atoms with E-state index < -0.39 is 11.7 Å². The summed E-state index contributed by atoms with van der Waals surface area (Å²) in [5.74, 6) is -1.07. The maximum Gasteiger partial charge on any atom is 0.274 e. The number of hydrogen-bond donors (Lipinski definition) is 2. The predicted molar refractivity (Wildman–Crippen MR) is 73.1 cm³/mol. The van der Waals surface area contributed by atoms with Gasteiger partial charge in [-0.25, -0.2) is 9.37 Å². The largest absolute Gasteiger partial charge is 0.387 e. The molecule has 2 aromatic rings. The van der Waals surface area contributed by atoms with Crippen molar-refractivity contribution in [2.24, 2.45) is 0 Å². The van der Waals surface area contributed by atoms with Gasteiger partial charge in [-0.2, -0.15) is 0 Å². The van der Waals surface area contributed by atoms with E-state index in [1.54, 1.807) is 19.2 Å². The van der Waals surface area contributed by atoms with E-state index in [-0.39, 0.29) is 16.4 Å². The van der Waals surface area contributed by atoms with Crippen molar-refractivity contribution >= 4 is 28.9 Å². The molecule has 0 aliphatic rings. The molecule has 0 aliphatic carbocycles. The molecule has 0 radical (unpaired) electrons. The molecule has 2 rings (SSSR count). The van der Waals surface area contributed by atoms with E-state index in [1.165, 1.54) is 18.3 Å². The first kappa shape index (κ1) is 13.3. The molecular formula is C13H11ClFN3O. The molecule has 4 nitrogen and oxygen atoms in total. The van der Waals surface area contributed by atoms with Crippen LogP contribution >= 0.6 is 11.6 Å². The smallest absolute Gasteiger partial charge is 0.274 e. The second kappa shape index (κ2) is 5.67. The Labute approximate surface area is 114 Å². The molecule has 0 spiro atoms. The van der Waals surface area contributed by atoms with Crippen LogP contribution in [0.3, 0.4) is 0 Å². The molecular weight excluding hydrogens is 269 g/mol. The second-order valence-electron chi connectivity index (χ2n) is 3.76. The number of anilines is 2.